The van der Waals surface area contributed by atoms with Crippen LogP contribution in [0.4, 0.5) is 27.3 Å². The molecule has 1 aliphatic heterocycles. The van der Waals surface area contributed by atoms with Crippen LogP contribution < -0.4 is 21.1 Å². The minimum absolute atomic E-state index is 0.156. The molecule has 7 rings (SSSR count). The average Bonchev–Trinajstić information content (AvgIpc) is 3.73. The zero-order valence-corrected chi connectivity index (χ0v) is 25.4. The summed E-state index contributed by atoms with van der Waals surface area (Å²) in [5, 5.41) is 6.03. The minimum Gasteiger partial charge on any atom is -0.368 e. The number of amides is 1. The van der Waals surface area contributed by atoms with E-state index < -0.39 is 5.82 Å². The first-order chi connectivity index (χ1) is 20.7. The second-order valence-electron chi connectivity index (χ2n) is 12.1. The Bertz CT molecular complexity index is 1750. The van der Waals surface area contributed by atoms with Gasteiger partial charge >= 0.3 is 0 Å². The van der Waals surface area contributed by atoms with Crippen molar-refractivity contribution in [2.75, 3.05) is 48.8 Å². The van der Waals surface area contributed by atoms with Crippen LogP contribution in [0.25, 0.3) is 11.1 Å². The summed E-state index contributed by atoms with van der Waals surface area (Å²) in [4.78, 5) is 37.5. The number of aromatic nitrogens is 2. The van der Waals surface area contributed by atoms with E-state index in [1.807, 2.05) is 24.4 Å². The third kappa shape index (κ3) is 5.12. The Morgan fingerprint density at radius 3 is 2.58 bits per heavy atom. The lowest BCUT2D eigenvalue weighted by Crippen LogP contribution is -2.44. The van der Waals surface area contributed by atoms with E-state index in [2.05, 4.69) is 32.5 Å². The number of rotatable bonds is 6. The van der Waals surface area contributed by atoms with Gasteiger partial charge in [0.1, 0.15) is 17.3 Å². The Balaban J connectivity index is 1.13. The molecule has 10 heteroatoms. The van der Waals surface area contributed by atoms with Gasteiger partial charge in [0, 0.05) is 49.9 Å². The van der Waals surface area contributed by atoms with E-state index in [9.17, 15) is 9.59 Å². The molecule has 0 spiro atoms. The summed E-state index contributed by atoms with van der Waals surface area (Å²) in [6, 6.07) is 10.7. The number of hydrogen-bond acceptors (Lipinski definition) is 7. The van der Waals surface area contributed by atoms with Crippen LogP contribution in [0, 0.1) is 12.7 Å². The zero-order valence-electron chi connectivity index (χ0n) is 24.6. The fourth-order valence-corrected chi connectivity index (χ4v) is 8.08. The van der Waals surface area contributed by atoms with E-state index in [0.29, 0.717) is 33.8 Å². The molecule has 1 saturated carbocycles. The quantitative estimate of drug-likeness (QED) is 0.281. The van der Waals surface area contributed by atoms with E-state index in [-0.39, 0.29) is 17.2 Å². The molecular weight excluding hydrogens is 563 g/mol. The molecule has 0 radical (unpaired) electrons. The van der Waals surface area contributed by atoms with Crippen molar-refractivity contribution in [3.63, 3.8) is 0 Å². The third-order valence-corrected chi connectivity index (χ3v) is 10.6. The maximum atomic E-state index is 15.1. The van der Waals surface area contributed by atoms with E-state index in [1.165, 1.54) is 40.3 Å². The van der Waals surface area contributed by atoms with Crippen molar-refractivity contribution in [1.29, 1.82) is 0 Å². The van der Waals surface area contributed by atoms with Gasteiger partial charge in [-0.1, -0.05) is 6.07 Å². The van der Waals surface area contributed by atoms with Crippen molar-refractivity contribution in [3.05, 3.63) is 85.8 Å². The van der Waals surface area contributed by atoms with Gasteiger partial charge in [-0.3, -0.25) is 9.59 Å². The molecule has 2 aliphatic carbocycles. The number of carbonyl (C=O) groups excluding carboxylic acids is 1. The molecule has 222 valence electrons. The van der Waals surface area contributed by atoms with Crippen molar-refractivity contribution in [2.24, 2.45) is 7.05 Å². The molecule has 2 bridgehead atoms. The molecule has 1 saturated heterocycles. The number of thiophene rings is 1. The summed E-state index contributed by atoms with van der Waals surface area (Å²) in [5.74, 6) is 0.925. The predicted octanol–water partition coefficient (Wildman–Crippen LogP) is 6.07. The lowest BCUT2D eigenvalue weighted by Gasteiger charge is -2.33. The lowest BCUT2D eigenvalue weighted by molar-refractivity contribution is 0.103. The number of likely N-dealkylation sites (N-methyl/N-ethyl adjacent to an activating group) is 1. The number of piperazine rings is 1. The maximum absolute atomic E-state index is 15.1. The summed E-state index contributed by atoms with van der Waals surface area (Å²) in [6.07, 6.45) is 7.15. The van der Waals surface area contributed by atoms with Crippen LogP contribution in [0.3, 0.4) is 0 Å². The molecule has 3 aromatic heterocycles. The second kappa shape index (κ2) is 10.9. The molecule has 2 fully saturated rings. The molecule has 3 aliphatic rings. The number of anilines is 4. The van der Waals surface area contributed by atoms with Crippen molar-refractivity contribution in [3.8, 4) is 11.1 Å². The van der Waals surface area contributed by atoms with Crippen LogP contribution in [-0.4, -0.2) is 53.6 Å². The van der Waals surface area contributed by atoms with E-state index in [0.717, 1.165) is 43.0 Å². The Morgan fingerprint density at radius 1 is 1.05 bits per heavy atom. The molecule has 2 atom stereocenters. The van der Waals surface area contributed by atoms with Gasteiger partial charge in [0.25, 0.3) is 11.5 Å². The zero-order chi connectivity index (χ0) is 29.8. The first kappa shape index (κ1) is 27.8. The van der Waals surface area contributed by atoms with Crippen molar-refractivity contribution in [2.45, 2.75) is 38.0 Å². The fourth-order valence-electron chi connectivity index (χ4n) is 6.79. The molecule has 2 unspecified atom stereocenters. The molecule has 4 heterocycles. The topological polar surface area (TPSA) is 82.5 Å². The summed E-state index contributed by atoms with van der Waals surface area (Å²) in [6.45, 7) is 5.70. The monoisotopic (exact) mass is 598 g/mol. The summed E-state index contributed by atoms with van der Waals surface area (Å²) in [5.41, 5.74) is 4.71. The van der Waals surface area contributed by atoms with Gasteiger partial charge in [0.05, 0.1) is 22.4 Å². The highest BCUT2D eigenvalue weighted by Crippen LogP contribution is 2.56. The molecule has 1 aromatic carbocycles. The van der Waals surface area contributed by atoms with E-state index >= 15 is 4.39 Å². The first-order valence-corrected chi connectivity index (χ1v) is 15.7. The summed E-state index contributed by atoms with van der Waals surface area (Å²) >= 11 is 1.55. The third-order valence-electron chi connectivity index (χ3n) is 9.28. The van der Waals surface area contributed by atoms with Crippen molar-refractivity contribution >= 4 is 40.1 Å². The first-order valence-electron chi connectivity index (χ1n) is 14.9. The molecule has 2 N–H and O–H groups in total. The predicted molar refractivity (Wildman–Crippen MR) is 171 cm³/mol. The number of hydrogen-bond donors (Lipinski definition) is 2. The molecule has 43 heavy (non-hydrogen) atoms. The number of carbonyl (C=O) groups is 1. The van der Waals surface area contributed by atoms with Gasteiger partial charge in [-0.05, 0) is 92.1 Å². The minimum atomic E-state index is -0.494. The molecular formula is C33H35FN6O2S. The molecule has 4 aromatic rings. The SMILES string of the molecule is Cc1c(-c2cc(Nc3ccc(N4CCN(C)CC4)cn3)c(=O)n(C)c2)ccc(F)c1NC(=O)c1cc2c(s1)C1CCC2C1. The van der Waals surface area contributed by atoms with Crippen LogP contribution in [0.1, 0.15) is 56.8 Å². The highest BCUT2D eigenvalue weighted by Gasteiger charge is 2.39. The summed E-state index contributed by atoms with van der Waals surface area (Å²) in [7, 11) is 3.81. The van der Waals surface area contributed by atoms with Crippen LogP contribution in [0.15, 0.2) is 53.6 Å². The number of nitrogens with one attached hydrogen (secondary N) is 2. The Kier molecular flexibility index (Phi) is 7.05. The number of halogens is 1. The molecule has 8 nitrogen and oxygen atoms in total. The normalized spacial score (nSPS) is 19.5. The lowest BCUT2D eigenvalue weighted by atomic mass is 9.98. The van der Waals surface area contributed by atoms with Gasteiger partial charge in [-0.25, -0.2) is 9.37 Å². The highest BCUT2D eigenvalue weighted by molar-refractivity contribution is 7.14. The van der Waals surface area contributed by atoms with Gasteiger partial charge in [-0.2, -0.15) is 0 Å². The van der Waals surface area contributed by atoms with Crippen molar-refractivity contribution < 1.29 is 9.18 Å². The van der Waals surface area contributed by atoms with Crippen LogP contribution >= 0.6 is 11.3 Å². The van der Waals surface area contributed by atoms with Crippen molar-refractivity contribution in [1.82, 2.24) is 14.5 Å². The highest BCUT2D eigenvalue weighted by atomic mass is 32.1. The van der Waals surface area contributed by atoms with Gasteiger partial charge in [0.2, 0.25) is 0 Å². The maximum Gasteiger partial charge on any atom is 0.274 e. The Hall–Kier alpha value is -4.02. The standard InChI is InChI=1S/C33H35FN6O2S/c1-19-24(7-8-26(34)30(19)37-32(41)28-16-25-20-4-5-21(14-20)31(25)43-28)22-15-27(33(42)39(3)18-22)36-29-9-6-23(17-35-29)40-12-10-38(2)11-13-40/h6-9,15-18,20-21H,4-5,10-14H2,1-3H3,(H,35,36)(H,37,41). The van der Waals surface area contributed by atoms with Crippen LogP contribution in [-0.2, 0) is 7.05 Å². The van der Waals surface area contributed by atoms with E-state index in [1.54, 1.807) is 43.6 Å². The number of nitrogens with zero attached hydrogens (tertiary/aromatic N) is 4. The number of benzene rings is 1. The number of fused-ring (bicyclic) bond motifs is 5. The van der Waals surface area contributed by atoms with Gasteiger partial charge in [-0.15, -0.1) is 11.3 Å². The van der Waals surface area contributed by atoms with Gasteiger partial charge in [0.15, 0.2) is 0 Å². The van der Waals surface area contributed by atoms with Crippen LogP contribution in [0.2, 0.25) is 0 Å². The largest absolute Gasteiger partial charge is 0.368 e. The average molecular weight is 599 g/mol. The smallest absolute Gasteiger partial charge is 0.274 e. The number of pyridine rings is 2. The van der Waals surface area contributed by atoms with E-state index in [4.69, 9.17) is 0 Å². The fraction of sp³-hybridized carbons (Fsp3) is 0.364. The van der Waals surface area contributed by atoms with Crippen LogP contribution in [0.5, 0.6) is 0 Å². The number of aryl methyl sites for hydroxylation is 1. The Labute approximate surface area is 254 Å². The second-order valence-corrected chi connectivity index (χ2v) is 13.1. The Morgan fingerprint density at radius 2 is 1.84 bits per heavy atom. The molecule has 1 amide bonds. The summed E-state index contributed by atoms with van der Waals surface area (Å²) < 4.78 is 16.6. The van der Waals surface area contributed by atoms with Gasteiger partial charge < -0.3 is 25.0 Å².